The summed E-state index contributed by atoms with van der Waals surface area (Å²) in [6.45, 7) is 0. The van der Waals surface area contributed by atoms with E-state index in [0.717, 1.165) is 5.52 Å². The van der Waals surface area contributed by atoms with Crippen molar-refractivity contribution >= 4 is 46.1 Å². The first-order valence-electron chi connectivity index (χ1n) is 8.61. The lowest BCUT2D eigenvalue weighted by molar-refractivity contribution is -0.112. The van der Waals surface area contributed by atoms with E-state index in [4.69, 9.17) is 23.2 Å². The molecule has 0 aliphatic carbocycles. The number of aromatic nitrogens is 1. The first kappa shape index (κ1) is 19.2. The van der Waals surface area contributed by atoms with Gasteiger partial charge in [0.2, 0.25) is 0 Å². The number of rotatable bonds is 4. The van der Waals surface area contributed by atoms with Crippen LogP contribution in [-0.2, 0) is 4.79 Å². The molecule has 4 nitrogen and oxygen atoms in total. The summed E-state index contributed by atoms with van der Waals surface area (Å²) in [5, 5.41) is 2.93. The lowest BCUT2D eigenvalue weighted by Gasteiger charge is -2.10. The normalized spacial score (nSPS) is 10.9. The Morgan fingerprint density at radius 3 is 2.28 bits per heavy atom. The van der Waals surface area contributed by atoms with Crippen LogP contribution >= 0.6 is 23.2 Å². The quantitative estimate of drug-likeness (QED) is 0.327. The molecule has 2 aromatic carbocycles. The number of fused-ring (bicyclic) bond motifs is 1. The van der Waals surface area contributed by atoms with Crippen molar-refractivity contribution in [2.45, 2.75) is 0 Å². The highest BCUT2D eigenvalue weighted by Crippen LogP contribution is 2.31. The van der Waals surface area contributed by atoms with Gasteiger partial charge in [-0.3, -0.25) is 9.59 Å². The van der Waals surface area contributed by atoms with Crippen LogP contribution in [0.25, 0.3) is 16.6 Å². The van der Waals surface area contributed by atoms with Crippen LogP contribution in [0.15, 0.2) is 72.9 Å². The summed E-state index contributed by atoms with van der Waals surface area (Å²) in [5.74, 6) is -2.05. The molecule has 4 aromatic rings. The molecule has 1 N–H and O–H groups in total. The first-order chi connectivity index (χ1) is 14.0. The zero-order valence-electron chi connectivity index (χ0n) is 14.8. The monoisotopic (exact) mass is 426 g/mol. The van der Waals surface area contributed by atoms with Crippen molar-refractivity contribution in [2.75, 3.05) is 5.32 Å². The van der Waals surface area contributed by atoms with Gasteiger partial charge in [-0.05, 0) is 48.0 Å². The maximum Gasteiger partial charge on any atom is 0.298 e. The number of benzene rings is 2. The summed E-state index contributed by atoms with van der Waals surface area (Å²) in [7, 11) is 0. The predicted octanol–water partition coefficient (Wildman–Crippen LogP) is 5.87. The molecular weight excluding hydrogens is 414 g/mol. The summed E-state index contributed by atoms with van der Waals surface area (Å²) in [4.78, 5) is 25.9. The van der Waals surface area contributed by atoms with E-state index in [9.17, 15) is 14.0 Å². The van der Waals surface area contributed by atoms with Gasteiger partial charge in [0.25, 0.3) is 11.7 Å². The molecule has 0 aliphatic rings. The molecule has 4 rings (SSSR count). The van der Waals surface area contributed by atoms with Gasteiger partial charge in [-0.25, -0.2) is 4.39 Å². The number of nitrogens with one attached hydrogen (secondary N) is 1. The Hall–Kier alpha value is -3.15. The Morgan fingerprint density at radius 2 is 1.59 bits per heavy atom. The molecule has 2 heterocycles. The molecular formula is C22H13Cl2FN2O2. The second-order valence-electron chi connectivity index (χ2n) is 6.29. The molecule has 1 amide bonds. The standard InChI is InChI=1S/C22H13Cl2FN2O2/c23-17-5-3-6-18(24)19(17)26-22(29)21(28)20-16(13-7-9-14(25)10-8-13)12-15-4-1-2-11-27(15)20/h1-12H,(H,26,29). The van der Waals surface area contributed by atoms with Crippen LogP contribution in [0, 0.1) is 5.82 Å². The highest BCUT2D eigenvalue weighted by molar-refractivity contribution is 6.49. The minimum atomic E-state index is -0.882. The molecule has 0 radical (unpaired) electrons. The Labute approximate surface area is 175 Å². The van der Waals surface area contributed by atoms with E-state index < -0.39 is 17.5 Å². The van der Waals surface area contributed by atoms with Crippen LogP contribution < -0.4 is 5.32 Å². The van der Waals surface area contributed by atoms with Gasteiger partial charge in [0.15, 0.2) is 0 Å². The molecule has 0 spiro atoms. The van der Waals surface area contributed by atoms with Crippen molar-refractivity contribution in [2.24, 2.45) is 0 Å². The van der Waals surface area contributed by atoms with Crippen LogP contribution in [0.2, 0.25) is 10.0 Å². The zero-order chi connectivity index (χ0) is 20.5. The maximum atomic E-state index is 13.4. The third-order valence-electron chi connectivity index (χ3n) is 4.46. The Morgan fingerprint density at radius 1 is 0.897 bits per heavy atom. The smallest absolute Gasteiger partial charge is 0.298 e. The van der Waals surface area contributed by atoms with Crippen molar-refractivity contribution in [3.63, 3.8) is 0 Å². The highest BCUT2D eigenvalue weighted by atomic mass is 35.5. The second kappa shape index (κ2) is 7.70. The van der Waals surface area contributed by atoms with Gasteiger partial charge >= 0.3 is 0 Å². The number of hydrogen-bond donors (Lipinski definition) is 1. The van der Waals surface area contributed by atoms with Crippen molar-refractivity contribution in [3.8, 4) is 11.1 Å². The first-order valence-corrected chi connectivity index (χ1v) is 9.37. The summed E-state index contributed by atoms with van der Waals surface area (Å²) in [6.07, 6.45) is 1.69. The number of pyridine rings is 1. The number of anilines is 1. The minimum absolute atomic E-state index is 0.160. The predicted molar refractivity (Wildman–Crippen MR) is 112 cm³/mol. The van der Waals surface area contributed by atoms with E-state index in [-0.39, 0.29) is 21.4 Å². The van der Waals surface area contributed by atoms with E-state index in [1.807, 2.05) is 12.1 Å². The van der Waals surface area contributed by atoms with Crippen LogP contribution in [0.1, 0.15) is 10.5 Å². The number of carbonyl (C=O) groups excluding carboxylic acids is 2. The molecule has 0 saturated carbocycles. The molecule has 0 fully saturated rings. The fourth-order valence-electron chi connectivity index (χ4n) is 3.10. The van der Waals surface area contributed by atoms with Gasteiger partial charge in [0.05, 0.1) is 15.7 Å². The van der Waals surface area contributed by atoms with Crippen molar-refractivity contribution < 1.29 is 14.0 Å². The van der Waals surface area contributed by atoms with Gasteiger partial charge in [-0.15, -0.1) is 0 Å². The topological polar surface area (TPSA) is 50.6 Å². The average molecular weight is 427 g/mol. The highest BCUT2D eigenvalue weighted by Gasteiger charge is 2.25. The van der Waals surface area contributed by atoms with E-state index in [1.165, 1.54) is 12.1 Å². The fourth-order valence-corrected chi connectivity index (χ4v) is 3.59. The summed E-state index contributed by atoms with van der Waals surface area (Å²) < 4.78 is 15.0. The van der Waals surface area contributed by atoms with E-state index in [0.29, 0.717) is 11.1 Å². The lowest BCUT2D eigenvalue weighted by atomic mass is 10.0. The molecule has 0 unspecified atom stereocenters. The lowest BCUT2D eigenvalue weighted by Crippen LogP contribution is -2.25. The number of amides is 1. The van der Waals surface area contributed by atoms with Crippen molar-refractivity contribution in [1.29, 1.82) is 0 Å². The number of halogens is 3. The molecule has 7 heteroatoms. The molecule has 0 saturated heterocycles. The number of ketones is 1. The van der Waals surface area contributed by atoms with Gasteiger partial charge < -0.3 is 9.72 Å². The minimum Gasteiger partial charge on any atom is -0.316 e. The second-order valence-corrected chi connectivity index (χ2v) is 7.10. The number of nitrogens with zero attached hydrogens (tertiary/aromatic N) is 1. The molecule has 144 valence electrons. The largest absolute Gasteiger partial charge is 0.316 e. The Kier molecular flexibility index (Phi) is 5.09. The van der Waals surface area contributed by atoms with Crippen molar-refractivity contribution in [3.05, 3.63) is 94.5 Å². The van der Waals surface area contributed by atoms with Crippen LogP contribution in [0.5, 0.6) is 0 Å². The summed E-state index contributed by atoms with van der Waals surface area (Å²) in [6, 6.07) is 17.6. The molecule has 0 atom stereocenters. The summed E-state index contributed by atoms with van der Waals surface area (Å²) in [5.41, 5.74) is 2.17. The van der Waals surface area contributed by atoms with Crippen LogP contribution in [0.3, 0.4) is 0 Å². The van der Waals surface area contributed by atoms with Gasteiger partial charge in [0, 0.05) is 17.3 Å². The van der Waals surface area contributed by atoms with Crippen LogP contribution in [0.4, 0.5) is 10.1 Å². The number of hydrogen-bond acceptors (Lipinski definition) is 2. The third kappa shape index (κ3) is 3.62. The van der Waals surface area contributed by atoms with E-state index >= 15 is 0 Å². The maximum absolute atomic E-state index is 13.4. The van der Waals surface area contributed by atoms with Crippen LogP contribution in [-0.4, -0.2) is 16.1 Å². The number of Topliss-reactive ketones (excluding diaryl/α,β-unsaturated/α-hetero) is 1. The Bertz CT molecular complexity index is 1230. The van der Waals surface area contributed by atoms with E-state index in [1.54, 1.807) is 53.1 Å². The average Bonchev–Trinajstić information content (AvgIpc) is 3.10. The van der Waals surface area contributed by atoms with E-state index in [2.05, 4.69) is 5.32 Å². The van der Waals surface area contributed by atoms with Gasteiger partial charge in [0.1, 0.15) is 11.5 Å². The molecule has 2 aromatic heterocycles. The SMILES string of the molecule is O=C(Nc1c(Cl)cccc1Cl)C(=O)c1c(-c2ccc(F)cc2)cc2ccccn12. The van der Waals surface area contributed by atoms with Gasteiger partial charge in [-0.1, -0.05) is 47.5 Å². The van der Waals surface area contributed by atoms with Crippen molar-refractivity contribution in [1.82, 2.24) is 4.40 Å². The fraction of sp³-hybridized carbons (Fsp3) is 0. The molecule has 29 heavy (non-hydrogen) atoms. The zero-order valence-corrected chi connectivity index (χ0v) is 16.3. The number of carbonyl (C=O) groups is 2. The number of para-hydroxylation sites is 1. The van der Waals surface area contributed by atoms with Gasteiger partial charge in [-0.2, -0.15) is 0 Å². The third-order valence-corrected chi connectivity index (χ3v) is 5.09. The molecule has 0 bridgehead atoms. The Balaban J connectivity index is 1.80. The summed E-state index contributed by atoms with van der Waals surface area (Å²) >= 11 is 12.2. The molecule has 0 aliphatic heterocycles.